The van der Waals surface area contributed by atoms with Crippen LogP contribution in [0, 0.1) is 0 Å². The zero-order chi connectivity index (χ0) is 20.7. The van der Waals surface area contributed by atoms with Crippen LogP contribution in [0.4, 0.5) is 13.2 Å². The summed E-state index contributed by atoms with van der Waals surface area (Å²) in [5.41, 5.74) is 4.46. The van der Waals surface area contributed by atoms with Gasteiger partial charge < -0.3 is 15.8 Å². The Labute approximate surface area is 157 Å². The standard InChI is InChI=1S/C19H17F3N4O2/c1-18(2,28)12-5-11(6-13(7-12)19(20,21)22)14-9-25-17-16(26-14)10(8-24-17)3-4-15(23)27/h3-9,28H,1-2H3,(H2,23,27)(H,24,25). The van der Waals surface area contributed by atoms with E-state index in [1.54, 1.807) is 6.20 Å². The second-order valence-electron chi connectivity index (χ2n) is 6.79. The van der Waals surface area contributed by atoms with Gasteiger partial charge in [0.25, 0.3) is 0 Å². The average Bonchev–Trinajstić information content (AvgIpc) is 3.00. The number of alkyl halides is 3. The number of nitrogens with zero attached hydrogens (tertiary/aromatic N) is 2. The number of hydrogen-bond donors (Lipinski definition) is 3. The van der Waals surface area contributed by atoms with E-state index in [0.29, 0.717) is 16.7 Å². The number of nitrogens with two attached hydrogens (primary N) is 1. The van der Waals surface area contributed by atoms with E-state index in [9.17, 15) is 23.1 Å². The molecule has 0 aliphatic heterocycles. The fraction of sp³-hybridized carbons (Fsp3) is 0.211. The van der Waals surface area contributed by atoms with Crippen molar-refractivity contribution in [2.45, 2.75) is 25.6 Å². The molecule has 0 fully saturated rings. The van der Waals surface area contributed by atoms with E-state index in [1.165, 1.54) is 32.2 Å². The van der Waals surface area contributed by atoms with Crippen molar-refractivity contribution < 1.29 is 23.1 Å². The molecular weight excluding hydrogens is 373 g/mol. The van der Waals surface area contributed by atoms with Crippen molar-refractivity contribution >= 4 is 23.1 Å². The Bertz CT molecular complexity index is 1050. The number of halogens is 3. The molecule has 2 aromatic heterocycles. The highest BCUT2D eigenvalue weighted by Crippen LogP contribution is 2.36. The minimum atomic E-state index is -4.59. The quantitative estimate of drug-likeness (QED) is 0.594. The van der Waals surface area contributed by atoms with Gasteiger partial charge in [-0.25, -0.2) is 9.97 Å². The van der Waals surface area contributed by atoms with E-state index in [0.717, 1.165) is 18.2 Å². The van der Waals surface area contributed by atoms with E-state index in [4.69, 9.17) is 5.73 Å². The van der Waals surface area contributed by atoms with Gasteiger partial charge in [0.2, 0.25) is 5.91 Å². The number of amides is 1. The molecular formula is C19H17F3N4O2. The van der Waals surface area contributed by atoms with Crippen molar-refractivity contribution in [3.8, 4) is 11.3 Å². The van der Waals surface area contributed by atoms with Crippen molar-refractivity contribution in [1.29, 1.82) is 0 Å². The van der Waals surface area contributed by atoms with Gasteiger partial charge in [-0.3, -0.25) is 4.79 Å². The average molecular weight is 390 g/mol. The summed E-state index contributed by atoms with van der Waals surface area (Å²) in [6, 6.07) is 3.31. The lowest BCUT2D eigenvalue weighted by molar-refractivity contribution is -0.137. The molecule has 146 valence electrons. The SMILES string of the molecule is CC(C)(O)c1cc(-c2cnc3[nH]cc(C=CC(N)=O)c3n2)cc(C(F)(F)F)c1. The molecule has 1 amide bonds. The van der Waals surface area contributed by atoms with Crippen LogP contribution in [-0.2, 0) is 16.6 Å². The Morgan fingerprint density at radius 1 is 1.21 bits per heavy atom. The van der Waals surface area contributed by atoms with Crippen LogP contribution in [0.15, 0.2) is 36.7 Å². The maximum Gasteiger partial charge on any atom is 0.416 e. The number of rotatable bonds is 4. The highest BCUT2D eigenvalue weighted by Gasteiger charge is 2.33. The van der Waals surface area contributed by atoms with Crippen LogP contribution in [0.5, 0.6) is 0 Å². The topological polar surface area (TPSA) is 105 Å². The zero-order valence-electron chi connectivity index (χ0n) is 15.0. The Morgan fingerprint density at radius 2 is 1.89 bits per heavy atom. The molecule has 0 bridgehead atoms. The Morgan fingerprint density at radius 3 is 2.50 bits per heavy atom. The van der Waals surface area contributed by atoms with Crippen LogP contribution >= 0.6 is 0 Å². The summed E-state index contributed by atoms with van der Waals surface area (Å²) in [7, 11) is 0. The summed E-state index contributed by atoms with van der Waals surface area (Å²) in [6.45, 7) is 2.81. The van der Waals surface area contributed by atoms with Gasteiger partial charge in [-0.2, -0.15) is 13.2 Å². The van der Waals surface area contributed by atoms with Gasteiger partial charge in [0.15, 0.2) is 5.65 Å². The largest absolute Gasteiger partial charge is 0.416 e. The van der Waals surface area contributed by atoms with Gasteiger partial charge in [0.05, 0.1) is 23.1 Å². The number of carbonyl (C=O) groups excluding carboxylic acids is 1. The van der Waals surface area contributed by atoms with E-state index in [-0.39, 0.29) is 16.8 Å². The number of carbonyl (C=O) groups is 1. The first-order chi connectivity index (χ1) is 12.9. The summed E-state index contributed by atoms with van der Waals surface area (Å²) >= 11 is 0. The number of aliphatic hydroxyl groups is 1. The summed E-state index contributed by atoms with van der Waals surface area (Å²) in [4.78, 5) is 22.4. The lowest BCUT2D eigenvalue weighted by Crippen LogP contribution is -2.17. The van der Waals surface area contributed by atoms with Crippen molar-refractivity contribution in [2.75, 3.05) is 0 Å². The van der Waals surface area contributed by atoms with Crippen LogP contribution < -0.4 is 5.73 Å². The van der Waals surface area contributed by atoms with Gasteiger partial charge in [-0.05, 0) is 43.7 Å². The number of H-pyrrole nitrogens is 1. The first-order valence-electron chi connectivity index (χ1n) is 8.22. The number of nitrogens with one attached hydrogen (secondary N) is 1. The van der Waals surface area contributed by atoms with Crippen molar-refractivity contribution in [3.05, 3.63) is 53.4 Å². The van der Waals surface area contributed by atoms with E-state index in [2.05, 4.69) is 15.0 Å². The fourth-order valence-electron chi connectivity index (χ4n) is 2.64. The van der Waals surface area contributed by atoms with E-state index >= 15 is 0 Å². The van der Waals surface area contributed by atoms with Crippen LogP contribution in [-0.4, -0.2) is 26.0 Å². The third-order valence-electron chi connectivity index (χ3n) is 4.10. The summed E-state index contributed by atoms with van der Waals surface area (Å²) < 4.78 is 40.0. The van der Waals surface area contributed by atoms with Crippen molar-refractivity contribution in [1.82, 2.24) is 15.0 Å². The first-order valence-corrected chi connectivity index (χ1v) is 8.22. The van der Waals surface area contributed by atoms with E-state index < -0.39 is 23.2 Å². The number of fused-ring (bicyclic) bond motifs is 1. The molecule has 0 atom stereocenters. The monoisotopic (exact) mass is 390 g/mol. The molecule has 0 saturated heterocycles. The molecule has 0 aliphatic carbocycles. The van der Waals surface area contributed by atoms with Gasteiger partial charge in [0.1, 0.15) is 5.52 Å². The molecule has 1 aromatic carbocycles. The maximum atomic E-state index is 13.3. The smallest absolute Gasteiger partial charge is 0.386 e. The van der Waals surface area contributed by atoms with Crippen LogP contribution in [0.2, 0.25) is 0 Å². The predicted octanol–water partition coefficient (Wildman–Crippen LogP) is 3.37. The lowest BCUT2D eigenvalue weighted by Gasteiger charge is -2.21. The Kier molecular flexibility index (Phi) is 4.72. The molecule has 4 N–H and O–H groups in total. The minimum Gasteiger partial charge on any atom is -0.386 e. The van der Waals surface area contributed by atoms with Crippen LogP contribution in [0.1, 0.15) is 30.5 Å². The Hall–Kier alpha value is -3.20. The third-order valence-corrected chi connectivity index (χ3v) is 4.10. The van der Waals surface area contributed by atoms with Crippen molar-refractivity contribution in [2.24, 2.45) is 5.73 Å². The molecule has 0 radical (unpaired) electrons. The van der Waals surface area contributed by atoms with Gasteiger partial charge in [-0.1, -0.05) is 0 Å². The molecule has 0 saturated carbocycles. The summed E-state index contributed by atoms with van der Waals surface area (Å²) in [6.07, 6.45) is 0.894. The van der Waals surface area contributed by atoms with Crippen molar-refractivity contribution in [3.63, 3.8) is 0 Å². The normalized spacial score (nSPS) is 12.8. The molecule has 3 rings (SSSR count). The number of hydrogen-bond acceptors (Lipinski definition) is 4. The molecule has 0 aliphatic rings. The molecule has 9 heteroatoms. The number of primary amides is 1. The highest BCUT2D eigenvalue weighted by atomic mass is 19.4. The molecule has 0 unspecified atom stereocenters. The molecule has 28 heavy (non-hydrogen) atoms. The molecule has 6 nitrogen and oxygen atoms in total. The maximum absolute atomic E-state index is 13.3. The van der Waals surface area contributed by atoms with Crippen LogP contribution in [0.25, 0.3) is 28.5 Å². The van der Waals surface area contributed by atoms with E-state index in [1.807, 2.05) is 0 Å². The molecule has 0 spiro atoms. The lowest BCUT2D eigenvalue weighted by atomic mass is 9.93. The predicted molar refractivity (Wildman–Crippen MR) is 97.8 cm³/mol. The Balaban J connectivity index is 2.18. The number of aromatic nitrogens is 3. The fourth-order valence-corrected chi connectivity index (χ4v) is 2.64. The first kappa shape index (κ1) is 19.6. The van der Waals surface area contributed by atoms with Crippen LogP contribution in [0.3, 0.4) is 0 Å². The van der Waals surface area contributed by atoms with Gasteiger partial charge in [0, 0.05) is 23.4 Å². The minimum absolute atomic E-state index is 0.0992. The third kappa shape index (κ3) is 4.04. The number of aromatic amines is 1. The second kappa shape index (κ2) is 6.75. The molecule has 2 heterocycles. The van der Waals surface area contributed by atoms with Gasteiger partial charge >= 0.3 is 6.18 Å². The highest BCUT2D eigenvalue weighted by molar-refractivity contribution is 5.93. The number of benzene rings is 1. The van der Waals surface area contributed by atoms with Gasteiger partial charge in [-0.15, -0.1) is 0 Å². The summed E-state index contributed by atoms with van der Waals surface area (Å²) in [5, 5.41) is 10.2. The zero-order valence-corrected chi connectivity index (χ0v) is 15.0. The summed E-state index contributed by atoms with van der Waals surface area (Å²) in [5.74, 6) is -0.647. The second-order valence-corrected chi connectivity index (χ2v) is 6.79. The molecule has 3 aromatic rings.